The summed E-state index contributed by atoms with van der Waals surface area (Å²) in [6, 6.07) is 1.87. The van der Waals surface area contributed by atoms with Gasteiger partial charge in [0.1, 0.15) is 0 Å². The molecular weight excluding hydrogens is 201 g/mol. The van der Waals surface area contributed by atoms with Crippen molar-refractivity contribution in [1.29, 1.82) is 0 Å². The van der Waals surface area contributed by atoms with Crippen LogP contribution >= 0.6 is 11.3 Å². The maximum Gasteiger partial charge on any atom is 0.254 e. The van der Waals surface area contributed by atoms with Crippen LogP contribution in [-0.2, 0) is 6.42 Å². The number of amides is 1. The third kappa shape index (κ3) is 1.66. The third-order valence-corrected chi connectivity index (χ3v) is 3.41. The van der Waals surface area contributed by atoms with Crippen LogP contribution in [0.2, 0.25) is 0 Å². The fourth-order valence-electron chi connectivity index (χ4n) is 1.70. The van der Waals surface area contributed by atoms with Crippen LogP contribution in [0.25, 0.3) is 0 Å². The summed E-state index contributed by atoms with van der Waals surface area (Å²) in [5.41, 5.74) is 0.820. The van der Waals surface area contributed by atoms with E-state index in [0.717, 1.165) is 18.5 Å². The first-order valence-electron chi connectivity index (χ1n) is 4.74. The van der Waals surface area contributed by atoms with E-state index in [4.69, 9.17) is 0 Å². The smallest absolute Gasteiger partial charge is 0.254 e. The molecule has 0 N–H and O–H groups in total. The highest BCUT2D eigenvalue weighted by molar-refractivity contribution is 7.10. The highest BCUT2D eigenvalue weighted by atomic mass is 32.1. The van der Waals surface area contributed by atoms with E-state index in [2.05, 4.69) is 0 Å². The predicted octanol–water partition coefficient (Wildman–Crippen LogP) is 2.11. The normalized spacial score (nSPS) is 15.8. The zero-order valence-electron chi connectivity index (χ0n) is 7.83. The molecule has 4 heteroatoms. The van der Waals surface area contributed by atoms with Crippen molar-refractivity contribution in [1.82, 2.24) is 4.90 Å². The number of carbonyl (C=O) groups excluding carboxylic acids is 1. The molecule has 0 saturated carbocycles. The molecule has 0 bridgehead atoms. The molecule has 0 saturated heterocycles. The Balaban J connectivity index is 2.09. The molecule has 2 nitrogen and oxygen atoms in total. The van der Waals surface area contributed by atoms with Gasteiger partial charge in [0.2, 0.25) is 0 Å². The van der Waals surface area contributed by atoms with Crippen molar-refractivity contribution < 1.29 is 9.18 Å². The van der Waals surface area contributed by atoms with E-state index in [0.29, 0.717) is 13.0 Å². The van der Waals surface area contributed by atoms with Gasteiger partial charge in [0.05, 0.1) is 12.2 Å². The minimum atomic E-state index is -0.347. The quantitative estimate of drug-likeness (QED) is 0.753. The number of hydrogen-bond donors (Lipinski definition) is 0. The molecule has 1 aliphatic heterocycles. The Hall–Kier alpha value is -0.900. The Morgan fingerprint density at radius 2 is 2.43 bits per heavy atom. The van der Waals surface area contributed by atoms with Gasteiger partial charge in [-0.2, -0.15) is 0 Å². The highest BCUT2D eigenvalue weighted by Crippen LogP contribution is 2.23. The molecule has 14 heavy (non-hydrogen) atoms. The second kappa shape index (κ2) is 4.09. The van der Waals surface area contributed by atoms with Gasteiger partial charge in [-0.05, 0) is 17.9 Å². The van der Waals surface area contributed by atoms with Crippen LogP contribution in [0, 0.1) is 0 Å². The lowest BCUT2D eigenvalue weighted by Gasteiger charge is -2.26. The molecule has 0 atom stereocenters. The van der Waals surface area contributed by atoms with E-state index in [9.17, 15) is 9.18 Å². The Labute approximate surface area is 86.3 Å². The molecule has 2 heterocycles. The van der Waals surface area contributed by atoms with Crippen LogP contribution < -0.4 is 0 Å². The van der Waals surface area contributed by atoms with Crippen LogP contribution in [0.1, 0.15) is 21.7 Å². The lowest BCUT2D eigenvalue weighted by molar-refractivity contribution is 0.0737. The summed E-state index contributed by atoms with van der Waals surface area (Å²) in [6.45, 7) is 0.942. The van der Waals surface area contributed by atoms with Gasteiger partial charge in [-0.15, -0.1) is 11.3 Å². The van der Waals surface area contributed by atoms with Gasteiger partial charge >= 0.3 is 0 Å². The molecule has 1 aromatic rings. The summed E-state index contributed by atoms with van der Waals surface area (Å²) in [5, 5.41) is 1.95. The van der Waals surface area contributed by atoms with Gasteiger partial charge in [-0.1, -0.05) is 0 Å². The summed E-state index contributed by atoms with van der Waals surface area (Å²) in [7, 11) is 0. The number of halogens is 1. The Morgan fingerprint density at radius 1 is 1.57 bits per heavy atom. The first-order chi connectivity index (χ1) is 6.83. The van der Waals surface area contributed by atoms with Gasteiger partial charge in [0.25, 0.3) is 5.91 Å². The SMILES string of the molecule is O=C1c2ccsc2CCN1CCCF. The Morgan fingerprint density at radius 3 is 3.21 bits per heavy atom. The Kier molecular flexibility index (Phi) is 2.82. The van der Waals surface area contributed by atoms with Gasteiger partial charge in [-0.3, -0.25) is 9.18 Å². The number of hydrogen-bond acceptors (Lipinski definition) is 2. The van der Waals surface area contributed by atoms with E-state index in [1.165, 1.54) is 4.88 Å². The second-order valence-electron chi connectivity index (χ2n) is 3.34. The molecular formula is C10H12FNOS. The predicted molar refractivity (Wildman–Crippen MR) is 54.5 cm³/mol. The zero-order valence-corrected chi connectivity index (χ0v) is 8.65. The molecule has 0 spiro atoms. The largest absolute Gasteiger partial charge is 0.338 e. The third-order valence-electron chi connectivity index (χ3n) is 2.43. The number of fused-ring (bicyclic) bond motifs is 1. The van der Waals surface area contributed by atoms with Crippen molar-refractivity contribution >= 4 is 17.2 Å². The van der Waals surface area contributed by atoms with Crippen LogP contribution in [-0.4, -0.2) is 30.6 Å². The van der Waals surface area contributed by atoms with E-state index in [1.54, 1.807) is 16.2 Å². The van der Waals surface area contributed by atoms with Crippen LogP contribution in [0.3, 0.4) is 0 Å². The standard InChI is InChI=1S/C10H12FNOS/c11-4-1-5-12-6-2-9-8(10(12)13)3-7-14-9/h3,7H,1-2,4-6H2. The fraction of sp³-hybridized carbons (Fsp3) is 0.500. The molecule has 0 radical (unpaired) electrons. The molecule has 0 unspecified atom stereocenters. The van der Waals surface area contributed by atoms with Crippen molar-refractivity contribution in [3.05, 3.63) is 21.9 Å². The number of rotatable bonds is 3. The average molecular weight is 213 g/mol. The van der Waals surface area contributed by atoms with Gasteiger partial charge < -0.3 is 4.90 Å². The summed E-state index contributed by atoms with van der Waals surface area (Å²) in [5.74, 6) is 0.0703. The zero-order chi connectivity index (χ0) is 9.97. The molecule has 2 rings (SSSR count). The summed E-state index contributed by atoms with van der Waals surface area (Å²) >= 11 is 1.63. The molecule has 0 aliphatic carbocycles. The first kappa shape index (κ1) is 9.65. The average Bonchev–Trinajstić information content (AvgIpc) is 2.66. The minimum Gasteiger partial charge on any atom is -0.338 e. The molecule has 0 fully saturated rings. The van der Waals surface area contributed by atoms with E-state index in [1.807, 2.05) is 11.4 Å². The Bertz CT molecular complexity index is 337. The van der Waals surface area contributed by atoms with Crippen molar-refractivity contribution in [2.24, 2.45) is 0 Å². The van der Waals surface area contributed by atoms with E-state index >= 15 is 0 Å². The molecule has 76 valence electrons. The van der Waals surface area contributed by atoms with Gasteiger partial charge in [0.15, 0.2) is 0 Å². The summed E-state index contributed by atoms with van der Waals surface area (Å²) in [4.78, 5) is 14.7. The second-order valence-corrected chi connectivity index (χ2v) is 4.34. The number of alkyl halides is 1. The molecule has 1 aliphatic rings. The van der Waals surface area contributed by atoms with Crippen molar-refractivity contribution in [2.45, 2.75) is 12.8 Å². The highest BCUT2D eigenvalue weighted by Gasteiger charge is 2.24. The lowest BCUT2D eigenvalue weighted by Crippen LogP contribution is -2.37. The van der Waals surface area contributed by atoms with Crippen LogP contribution in [0.15, 0.2) is 11.4 Å². The summed E-state index contributed by atoms with van der Waals surface area (Å²) in [6.07, 6.45) is 1.37. The van der Waals surface area contributed by atoms with Gasteiger partial charge in [-0.25, -0.2) is 0 Å². The molecule has 1 amide bonds. The fourth-order valence-corrected chi connectivity index (χ4v) is 2.56. The van der Waals surface area contributed by atoms with Gasteiger partial charge in [0, 0.05) is 24.4 Å². The summed E-state index contributed by atoms with van der Waals surface area (Å²) < 4.78 is 12.0. The number of carbonyl (C=O) groups is 1. The maximum absolute atomic E-state index is 12.0. The van der Waals surface area contributed by atoms with E-state index in [-0.39, 0.29) is 12.6 Å². The topological polar surface area (TPSA) is 20.3 Å². The van der Waals surface area contributed by atoms with E-state index < -0.39 is 0 Å². The minimum absolute atomic E-state index is 0.0703. The van der Waals surface area contributed by atoms with Crippen molar-refractivity contribution in [3.8, 4) is 0 Å². The maximum atomic E-state index is 12.0. The van der Waals surface area contributed by atoms with Crippen molar-refractivity contribution in [2.75, 3.05) is 19.8 Å². The monoisotopic (exact) mass is 213 g/mol. The number of nitrogens with zero attached hydrogens (tertiary/aromatic N) is 1. The van der Waals surface area contributed by atoms with Crippen molar-refractivity contribution in [3.63, 3.8) is 0 Å². The molecule has 1 aromatic heterocycles. The number of thiophene rings is 1. The first-order valence-corrected chi connectivity index (χ1v) is 5.62. The molecule has 0 aromatic carbocycles. The van der Waals surface area contributed by atoms with Crippen LogP contribution in [0.4, 0.5) is 4.39 Å². The van der Waals surface area contributed by atoms with Crippen LogP contribution in [0.5, 0.6) is 0 Å². The lowest BCUT2D eigenvalue weighted by atomic mass is 10.1.